The summed E-state index contributed by atoms with van der Waals surface area (Å²) >= 11 is 0. The number of nitrogens with one attached hydrogen (secondary N) is 1. The normalized spacial score (nSPS) is 14.8. The van der Waals surface area contributed by atoms with Crippen LogP contribution in [0, 0.1) is 0 Å². The molecule has 2 aromatic rings. The van der Waals surface area contributed by atoms with Gasteiger partial charge in [0.25, 0.3) is 0 Å². The van der Waals surface area contributed by atoms with E-state index in [0.29, 0.717) is 36.8 Å². The maximum atomic E-state index is 12.2. The fraction of sp³-hybridized carbons (Fsp3) is 0.278. The van der Waals surface area contributed by atoms with Crippen molar-refractivity contribution in [2.45, 2.75) is 12.8 Å². The minimum Gasteiger partial charge on any atom is -0.493 e. The largest absolute Gasteiger partial charge is 0.493 e. The van der Waals surface area contributed by atoms with Crippen molar-refractivity contribution in [1.82, 2.24) is 0 Å². The Morgan fingerprint density at radius 3 is 2.61 bits per heavy atom. The molecule has 2 heterocycles. The van der Waals surface area contributed by atoms with Crippen LogP contribution in [0.2, 0.25) is 0 Å². The molecule has 0 bridgehead atoms. The average Bonchev–Trinajstić information content (AvgIpc) is 3.02. The first kappa shape index (κ1) is 13.9. The molecule has 118 valence electrons. The molecule has 2 aromatic carbocycles. The van der Waals surface area contributed by atoms with Gasteiger partial charge in [-0.2, -0.15) is 0 Å². The van der Waals surface area contributed by atoms with E-state index in [4.69, 9.17) is 14.2 Å². The van der Waals surface area contributed by atoms with Crippen LogP contribution >= 0.6 is 0 Å². The molecule has 2 aliphatic heterocycles. The Morgan fingerprint density at radius 1 is 0.913 bits per heavy atom. The SMILES string of the molecule is O=C(Cc1ccc2c(c1)CCO2)Nc1ccc2c(c1)OCCO2. The smallest absolute Gasteiger partial charge is 0.228 e. The van der Waals surface area contributed by atoms with Crippen LogP contribution in [0.15, 0.2) is 36.4 Å². The van der Waals surface area contributed by atoms with Crippen LogP contribution in [0.5, 0.6) is 17.2 Å². The van der Waals surface area contributed by atoms with Gasteiger partial charge in [0.15, 0.2) is 11.5 Å². The van der Waals surface area contributed by atoms with Crippen molar-refractivity contribution >= 4 is 11.6 Å². The van der Waals surface area contributed by atoms with Gasteiger partial charge in [-0.05, 0) is 29.3 Å². The Hall–Kier alpha value is -2.69. The van der Waals surface area contributed by atoms with Gasteiger partial charge in [-0.25, -0.2) is 0 Å². The molecule has 23 heavy (non-hydrogen) atoms. The van der Waals surface area contributed by atoms with E-state index in [-0.39, 0.29) is 5.91 Å². The first-order valence-corrected chi connectivity index (χ1v) is 7.72. The van der Waals surface area contributed by atoms with Gasteiger partial charge in [0, 0.05) is 18.2 Å². The summed E-state index contributed by atoms with van der Waals surface area (Å²) in [6.45, 7) is 1.81. The maximum absolute atomic E-state index is 12.2. The third kappa shape index (κ3) is 2.95. The lowest BCUT2D eigenvalue weighted by molar-refractivity contribution is -0.115. The van der Waals surface area contributed by atoms with Gasteiger partial charge in [0.05, 0.1) is 13.0 Å². The number of ether oxygens (including phenoxy) is 3. The number of fused-ring (bicyclic) bond motifs is 2. The number of carbonyl (C=O) groups excluding carboxylic acids is 1. The predicted molar refractivity (Wildman–Crippen MR) is 85.4 cm³/mol. The van der Waals surface area contributed by atoms with Crippen LogP contribution < -0.4 is 19.5 Å². The fourth-order valence-electron chi connectivity index (χ4n) is 2.86. The summed E-state index contributed by atoms with van der Waals surface area (Å²) in [7, 11) is 0. The molecule has 0 aromatic heterocycles. The van der Waals surface area contributed by atoms with E-state index < -0.39 is 0 Å². The van der Waals surface area contributed by atoms with E-state index in [1.54, 1.807) is 6.07 Å². The highest BCUT2D eigenvalue weighted by molar-refractivity contribution is 5.92. The summed E-state index contributed by atoms with van der Waals surface area (Å²) in [6.07, 6.45) is 1.24. The Kier molecular flexibility index (Phi) is 3.54. The molecule has 0 fully saturated rings. The molecule has 2 aliphatic rings. The Balaban J connectivity index is 1.44. The molecule has 5 heteroatoms. The maximum Gasteiger partial charge on any atom is 0.228 e. The van der Waals surface area contributed by atoms with E-state index in [1.807, 2.05) is 30.3 Å². The van der Waals surface area contributed by atoms with Gasteiger partial charge in [-0.3, -0.25) is 4.79 Å². The first-order chi connectivity index (χ1) is 11.3. The van der Waals surface area contributed by atoms with Crippen LogP contribution in [0.3, 0.4) is 0 Å². The standard InChI is InChI=1S/C18H17NO4/c20-18(10-12-1-3-15-13(9-12)5-6-21-15)19-14-2-4-16-17(11-14)23-8-7-22-16/h1-4,9,11H,5-8,10H2,(H,19,20). The van der Waals surface area contributed by atoms with Crippen molar-refractivity contribution in [2.24, 2.45) is 0 Å². The summed E-state index contributed by atoms with van der Waals surface area (Å²) < 4.78 is 16.5. The van der Waals surface area contributed by atoms with Gasteiger partial charge < -0.3 is 19.5 Å². The van der Waals surface area contributed by atoms with E-state index in [2.05, 4.69) is 5.32 Å². The highest BCUT2D eigenvalue weighted by Crippen LogP contribution is 2.32. The molecule has 0 spiro atoms. The van der Waals surface area contributed by atoms with Gasteiger partial charge >= 0.3 is 0 Å². The van der Waals surface area contributed by atoms with Crippen molar-refractivity contribution in [1.29, 1.82) is 0 Å². The Morgan fingerprint density at radius 2 is 1.70 bits per heavy atom. The molecule has 0 atom stereocenters. The second-order valence-corrected chi connectivity index (χ2v) is 5.62. The Bertz CT molecular complexity index is 757. The third-order valence-corrected chi connectivity index (χ3v) is 3.94. The zero-order chi connectivity index (χ0) is 15.6. The summed E-state index contributed by atoms with van der Waals surface area (Å²) in [5.41, 5.74) is 2.88. The third-order valence-electron chi connectivity index (χ3n) is 3.94. The zero-order valence-electron chi connectivity index (χ0n) is 12.6. The number of hydrogen-bond donors (Lipinski definition) is 1. The topological polar surface area (TPSA) is 56.8 Å². The number of hydrogen-bond acceptors (Lipinski definition) is 4. The van der Waals surface area contributed by atoms with E-state index in [9.17, 15) is 4.79 Å². The molecule has 5 nitrogen and oxygen atoms in total. The Labute approximate surface area is 134 Å². The summed E-state index contributed by atoms with van der Waals surface area (Å²) in [6, 6.07) is 11.4. The number of anilines is 1. The van der Waals surface area contributed by atoms with E-state index >= 15 is 0 Å². The summed E-state index contributed by atoms with van der Waals surface area (Å²) in [4.78, 5) is 12.2. The summed E-state index contributed by atoms with van der Waals surface area (Å²) in [5.74, 6) is 2.26. The lowest BCUT2D eigenvalue weighted by Gasteiger charge is -2.19. The molecule has 0 saturated carbocycles. The van der Waals surface area contributed by atoms with Crippen molar-refractivity contribution in [2.75, 3.05) is 25.1 Å². The van der Waals surface area contributed by atoms with Crippen molar-refractivity contribution < 1.29 is 19.0 Å². The van der Waals surface area contributed by atoms with Crippen molar-refractivity contribution in [3.63, 3.8) is 0 Å². The lowest BCUT2D eigenvalue weighted by atomic mass is 10.1. The predicted octanol–water partition coefficient (Wildman–Crippen LogP) is 2.57. The highest BCUT2D eigenvalue weighted by Gasteiger charge is 2.15. The van der Waals surface area contributed by atoms with Crippen molar-refractivity contribution in [3.05, 3.63) is 47.5 Å². The quantitative estimate of drug-likeness (QED) is 0.946. The van der Waals surface area contributed by atoms with E-state index in [1.165, 1.54) is 5.56 Å². The number of amides is 1. The average molecular weight is 311 g/mol. The van der Waals surface area contributed by atoms with Gasteiger partial charge in [0.2, 0.25) is 5.91 Å². The van der Waals surface area contributed by atoms with Crippen LogP contribution in [0.25, 0.3) is 0 Å². The summed E-state index contributed by atoms with van der Waals surface area (Å²) in [5, 5.41) is 2.90. The molecule has 0 unspecified atom stereocenters. The molecule has 0 aliphatic carbocycles. The zero-order valence-corrected chi connectivity index (χ0v) is 12.6. The van der Waals surface area contributed by atoms with Crippen LogP contribution in [0.1, 0.15) is 11.1 Å². The number of benzene rings is 2. The fourth-order valence-corrected chi connectivity index (χ4v) is 2.86. The van der Waals surface area contributed by atoms with E-state index in [0.717, 1.165) is 24.3 Å². The number of rotatable bonds is 3. The lowest BCUT2D eigenvalue weighted by Crippen LogP contribution is -2.17. The van der Waals surface area contributed by atoms with Crippen LogP contribution in [0.4, 0.5) is 5.69 Å². The molecular weight excluding hydrogens is 294 g/mol. The van der Waals surface area contributed by atoms with Crippen LogP contribution in [-0.2, 0) is 17.6 Å². The molecule has 4 rings (SSSR count). The first-order valence-electron chi connectivity index (χ1n) is 7.72. The molecule has 1 N–H and O–H groups in total. The number of carbonyl (C=O) groups is 1. The van der Waals surface area contributed by atoms with Gasteiger partial charge in [-0.15, -0.1) is 0 Å². The molecule has 1 amide bonds. The minimum atomic E-state index is -0.0551. The van der Waals surface area contributed by atoms with Gasteiger partial charge in [0.1, 0.15) is 19.0 Å². The molecule has 0 radical (unpaired) electrons. The molecular formula is C18H17NO4. The monoisotopic (exact) mass is 311 g/mol. The van der Waals surface area contributed by atoms with Crippen molar-refractivity contribution in [3.8, 4) is 17.2 Å². The second-order valence-electron chi connectivity index (χ2n) is 5.62. The second kappa shape index (κ2) is 5.83. The molecule has 0 saturated heterocycles. The van der Waals surface area contributed by atoms with Crippen LogP contribution in [-0.4, -0.2) is 25.7 Å². The van der Waals surface area contributed by atoms with Gasteiger partial charge in [-0.1, -0.05) is 12.1 Å². The highest BCUT2D eigenvalue weighted by atomic mass is 16.6. The minimum absolute atomic E-state index is 0.0551.